The lowest BCUT2D eigenvalue weighted by Crippen LogP contribution is -2.38. The molecule has 0 aromatic heterocycles. The molecular formula is C21H23N3O8. The van der Waals surface area contributed by atoms with Crippen LogP contribution in [0.25, 0.3) is 0 Å². The van der Waals surface area contributed by atoms with Gasteiger partial charge in [0.1, 0.15) is 22.8 Å². The minimum Gasteiger partial charge on any atom is -0.507 e. The Labute approximate surface area is 183 Å². The van der Waals surface area contributed by atoms with Gasteiger partial charge in [-0.3, -0.25) is 9.59 Å². The molecule has 2 unspecified atom stereocenters. The Bertz CT molecular complexity index is 1010. The molecule has 0 amide bonds. The Morgan fingerprint density at radius 1 is 1.28 bits per heavy atom. The van der Waals surface area contributed by atoms with Crippen molar-refractivity contribution in [1.82, 2.24) is 4.90 Å². The zero-order valence-corrected chi connectivity index (χ0v) is 17.2. The summed E-state index contributed by atoms with van der Waals surface area (Å²) in [7, 11) is 0. The molecule has 1 aliphatic carbocycles. The van der Waals surface area contributed by atoms with Gasteiger partial charge in [-0.15, -0.1) is 0 Å². The number of fused-ring (bicyclic) bond motifs is 1. The van der Waals surface area contributed by atoms with E-state index in [0.717, 1.165) is 12.1 Å². The fraction of sp³-hybridized carbons (Fsp3) is 0.333. The lowest BCUT2D eigenvalue weighted by atomic mass is 9.83. The highest BCUT2D eigenvalue weighted by atomic mass is 16.6. The van der Waals surface area contributed by atoms with Crippen molar-refractivity contribution < 1.29 is 39.3 Å². The molecule has 1 heterocycles. The van der Waals surface area contributed by atoms with Gasteiger partial charge in [-0.25, -0.2) is 4.79 Å². The first kappa shape index (κ1) is 22.7. The number of hydrogen-bond acceptors (Lipinski definition) is 10. The number of nitrogens with two attached hydrogens (primary N) is 1. The Balaban J connectivity index is 1.67. The highest BCUT2D eigenvalue weighted by molar-refractivity contribution is 6.08. The van der Waals surface area contributed by atoms with Crippen LogP contribution in [0.1, 0.15) is 17.3 Å². The predicted molar refractivity (Wildman–Crippen MR) is 110 cm³/mol. The smallest absolute Gasteiger partial charge is 0.344 e. The van der Waals surface area contributed by atoms with Crippen molar-refractivity contribution in [1.29, 1.82) is 0 Å². The number of amidine groups is 1. The number of oxime groups is 1. The number of phenols is 2. The van der Waals surface area contributed by atoms with Crippen molar-refractivity contribution in [3.05, 3.63) is 41.6 Å². The van der Waals surface area contributed by atoms with E-state index in [1.807, 2.05) is 0 Å². The van der Waals surface area contributed by atoms with Gasteiger partial charge >= 0.3 is 5.97 Å². The second-order valence-corrected chi connectivity index (χ2v) is 7.23. The lowest BCUT2D eigenvalue weighted by Gasteiger charge is -2.22. The Morgan fingerprint density at radius 3 is 2.59 bits per heavy atom. The summed E-state index contributed by atoms with van der Waals surface area (Å²) in [6, 6.07) is 2.23. The molecule has 3 rings (SSSR count). The lowest BCUT2D eigenvalue weighted by molar-refractivity contribution is -0.145. The fourth-order valence-corrected chi connectivity index (χ4v) is 3.61. The number of nitrogens with zero attached hydrogens (tertiary/aromatic N) is 2. The number of ether oxygens (including phenoxy) is 2. The molecular weight excluding hydrogens is 422 g/mol. The Hall–Kier alpha value is -4.02. The van der Waals surface area contributed by atoms with Crippen molar-refractivity contribution in [2.24, 2.45) is 22.7 Å². The second-order valence-electron chi connectivity index (χ2n) is 7.23. The van der Waals surface area contributed by atoms with E-state index in [0.29, 0.717) is 5.57 Å². The normalized spacial score (nSPS) is 20.0. The third-order valence-corrected chi connectivity index (χ3v) is 5.07. The van der Waals surface area contributed by atoms with Gasteiger partial charge in [0.25, 0.3) is 0 Å². The topological polar surface area (TPSA) is 172 Å². The molecule has 5 N–H and O–H groups in total. The van der Waals surface area contributed by atoms with Crippen LogP contribution in [-0.4, -0.2) is 70.0 Å². The molecule has 0 spiro atoms. The largest absolute Gasteiger partial charge is 0.507 e. The molecule has 2 aliphatic rings. The van der Waals surface area contributed by atoms with Crippen LogP contribution in [0.5, 0.6) is 17.2 Å². The van der Waals surface area contributed by atoms with E-state index in [1.165, 1.54) is 6.08 Å². The quantitative estimate of drug-likeness (QED) is 0.110. The second kappa shape index (κ2) is 9.41. The van der Waals surface area contributed by atoms with Gasteiger partial charge < -0.3 is 35.5 Å². The third-order valence-electron chi connectivity index (χ3n) is 5.07. The molecule has 0 bridgehead atoms. The van der Waals surface area contributed by atoms with Gasteiger partial charge in [-0.1, -0.05) is 17.3 Å². The summed E-state index contributed by atoms with van der Waals surface area (Å²) in [4.78, 5) is 38.3. The average Bonchev–Trinajstić information content (AvgIpc) is 3.15. The number of benzene rings is 1. The monoisotopic (exact) mass is 445 g/mol. The van der Waals surface area contributed by atoms with Crippen LogP contribution in [0.4, 0.5) is 0 Å². The van der Waals surface area contributed by atoms with E-state index in [1.54, 1.807) is 24.1 Å². The van der Waals surface area contributed by atoms with E-state index in [2.05, 4.69) is 5.16 Å². The number of hydrogen-bond donors (Lipinski definition) is 4. The molecule has 0 saturated carbocycles. The SMILES string of the molecule is CCOC(=O)COc1cc(O)c(C(=O)CN2C=C3C=CC(C(N)=NO)C(=O)C3C2)c(O)c1. The molecule has 1 aromatic rings. The number of ketones is 2. The van der Waals surface area contributed by atoms with Gasteiger partial charge in [-0.2, -0.15) is 0 Å². The minimum absolute atomic E-state index is 0.0103. The number of allylic oxidation sites excluding steroid dienone is 1. The first-order valence-electron chi connectivity index (χ1n) is 9.77. The van der Waals surface area contributed by atoms with Crippen LogP contribution < -0.4 is 10.5 Å². The maximum absolute atomic E-state index is 12.7. The Morgan fingerprint density at radius 2 is 1.97 bits per heavy atom. The maximum Gasteiger partial charge on any atom is 0.344 e. The van der Waals surface area contributed by atoms with Crippen LogP contribution in [0, 0.1) is 11.8 Å². The highest BCUT2D eigenvalue weighted by Crippen LogP contribution is 2.35. The molecule has 170 valence electrons. The number of Topliss-reactive ketones (excluding diaryl/α,β-unsaturated/α-hetero) is 2. The number of rotatable bonds is 8. The van der Waals surface area contributed by atoms with Crippen LogP contribution in [0.2, 0.25) is 0 Å². The molecule has 2 atom stereocenters. The number of carbonyl (C=O) groups excluding carboxylic acids is 3. The summed E-state index contributed by atoms with van der Waals surface area (Å²) in [6.07, 6.45) is 4.85. The molecule has 0 saturated heterocycles. The molecule has 11 heteroatoms. The van der Waals surface area contributed by atoms with Crippen molar-refractivity contribution in [2.45, 2.75) is 6.92 Å². The highest BCUT2D eigenvalue weighted by Gasteiger charge is 2.38. The summed E-state index contributed by atoms with van der Waals surface area (Å²) in [5, 5.41) is 32.2. The first-order valence-corrected chi connectivity index (χ1v) is 9.77. The van der Waals surface area contributed by atoms with E-state index < -0.39 is 41.7 Å². The molecule has 0 radical (unpaired) electrons. The van der Waals surface area contributed by atoms with E-state index >= 15 is 0 Å². The summed E-state index contributed by atoms with van der Waals surface area (Å²) in [5.41, 5.74) is 5.93. The predicted octanol–water partition coefficient (Wildman–Crippen LogP) is 0.540. The number of carbonyl (C=O) groups is 3. The minimum atomic E-state index is -0.840. The standard InChI is InChI=1S/C21H23N3O8/c1-2-31-18(28)10-32-12-5-15(25)19(16(26)6-12)17(27)9-24-7-11-3-4-13(21(22)23-30)20(29)14(11)8-24/h3-7,13-14,25-26,30H,2,8-10H2,1H3,(H2,22,23). The molecule has 1 aromatic carbocycles. The maximum atomic E-state index is 12.7. The van der Waals surface area contributed by atoms with Crippen LogP contribution in [0.15, 0.2) is 41.2 Å². The van der Waals surface area contributed by atoms with E-state index in [-0.39, 0.29) is 42.6 Å². The van der Waals surface area contributed by atoms with Gasteiger partial charge in [-0.05, 0) is 12.5 Å². The third kappa shape index (κ3) is 4.66. The number of phenolic OH excluding ortho intramolecular Hbond substituents is 2. The van der Waals surface area contributed by atoms with Crippen molar-refractivity contribution in [3.63, 3.8) is 0 Å². The van der Waals surface area contributed by atoms with Gasteiger partial charge in [0.15, 0.2) is 24.0 Å². The zero-order valence-electron chi connectivity index (χ0n) is 17.2. The van der Waals surface area contributed by atoms with Crippen molar-refractivity contribution in [3.8, 4) is 17.2 Å². The van der Waals surface area contributed by atoms with Gasteiger partial charge in [0, 0.05) is 24.9 Å². The average molecular weight is 445 g/mol. The molecule has 11 nitrogen and oxygen atoms in total. The van der Waals surface area contributed by atoms with Crippen LogP contribution >= 0.6 is 0 Å². The Kier molecular flexibility index (Phi) is 6.67. The van der Waals surface area contributed by atoms with Crippen molar-refractivity contribution >= 4 is 23.4 Å². The summed E-state index contributed by atoms with van der Waals surface area (Å²) in [6.45, 7) is 1.40. The van der Waals surface area contributed by atoms with Gasteiger partial charge in [0.05, 0.1) is 25.0 Å². The molecule has 32 heavy (non-hydrogen) atoms. The summed E-state index contributed by atoms with van der Waals surface area (Å²) >= 11 is 0. The summed E-state index contributed by atoms with van der Waals surface area (Å²) < 4.78 is 9.88. The van der Waals surface area contributed by atoms with E-state index in [4.69, 9.17) is 20.4 Å². The first-order chi connectivity index (χ1) is 15.2. The number of esters is 1. The number of aromatic hydroxyl groups is 2. The van der Waals surface area contributed by atoms with Crippen LogP contribution in [0.3, 0.4) is 0 Å². The van der Waals surface area contributed by atoms with Gasteiger partial charge in [0.2, 0.25) is 0 Å². The zero-order chi connectivity index (χ0) is 23.4. The molecule has 1 aliphatic heterocycles. The van der Waals surface area contributed by atoms with Crippen molar-refractivity contribution in [2.75, 3.05) is 26.3 Å². The van der Waals surface area contributed by atoms with Crippen LogP contribution in [-0.2, 0) is 14.3 Å². The van der Waals surface area contributed by atoms with E-state index in [9.17, 15) is 24.6 Å². The fourth-order valence-electron chi connectivity index (χ4n) is 3.61. The summed E-state index contributed by atoms with van der Waals surface area (Å²) in [5.74, 6) is -4.08. The molecule has 0 fully saturated rings.